The summed E-state index contributed by atoms with van der Waals surface area (Å²) in [6, 6.07) is 15.5. The van der Waals surface area contributed by atoms with Gasteiger partial charge in [-0.1, -0.05) is 36.4 Å². The molecule has 0 spiro atoms. The number of halogens is 1. The monoisotopic (exact) mass is 440 g/mol. The zero-order valence-corrected chi connectivity index (χ0v) is 16.3. The zero-order valence-electron chi connectivity index (χ0n) is 13.9. The van der Waals surface area contributed by atoms with Crippen LogP contribution >= 0.6 is 24.0 Å². The van der Waals surface area contributed by atoms with E-state index in [0.717, 1.165) is 38.4 Å². The standard InChI is InChI=1S/C18H24N4O.HI/c1-19-18(21-15-16-9-3-2-4-10-16)20-12-6-8-14-22-13-7-5-11-17(22)23;/h2-5,7,9-11,13H,6,8,12,14-15H2,1H3,(H2,19,20,21);1H. The number of hydrogen-bond acceptors (Lipinski definition) is 2. The van der Waals surface area contributed by atoms with Gasteiger partial charge < -0.3 is 15.2 Å². The zero-order chi connectivity index (χ0) is 16.3. The number of unbranched alkanes of at least 4 members (excludes halogenated alkanes) is 1. The number of aryl methyl sites for hydroxylation is 1. The van der Waals surface area contributed by atoms with Crippen LogP contribution in [0.4, 0.5) is 0 Å². The molecule has 1 heterocycles. The molecule has 1 aromatic heterocycles. The molecule has 0 radical (unpaired) electrons. The Hall–Kier alpha value is -1.83. The summed E-state index contributed by atoms with van der Waals surface area (Å²) in [5.74, 6) is 0.797. The lowest BCUT2D eigenvalue weighted by Crippen LogP contribution is -2.37. The Bertz CT molecular complexity index is 670. The van der Waals surface area contributed by atoms with Crippen LogP contribution < -0.4 is 16.2 Å². The largest absolute Gasteiger partial charge is 0.356 e. The van der Waals surface area contributed by atoms with Crippen LogP contribution in [0.15, 0.2) is 64.5 Å². The van der Waals surface area contributed by atoms with Gasteiger partial charge in [-0.25, -0.2) is 0 Å². The number of rotatable bonds is 7. The predicted molar refractivity (Wildman–Crippen MR) is 110 cm³/mol. The van der Waals surface area contributed by atoms with Gasteiger partial charge in [0.25, 0.3) is 0 Å². The molecule has 0 atom stereocenters. The Morgan fingerprint density at radius 3 is 2.50 bits per heavy atom. The Labute approximate surface area is 160 Å². The highest BCUT2D eigenvalue weighted by Gasteiger charge is 1.98. The Morgan fingerprint density at radius 2 is 1.79 bits per heavy atom. The first kappa shape index (κ1) is 20.2. The third-order valence-corrected chi connectivity index (χ3v) is 3.54. The third-order valence-electron chi connectivity index (χ3n) is 3.54. The summed E-state index contributed by atoms with van der Waals surface area (Å²) in [5, 5.41) is 6.58. The number of aliphatic imine (C=N–C) groups is 1. The lowest BCUT2D eigenvalue weighted by Gasteiger charge is -2.12. The van der Waals surface area contributed by atoms with Gasteiger partial charge >= 0.3 is 0 Å². The van der Waals surface area contributed by atoms with Gasteiger partial charge in [0.2, 0.25) is 5.56 Å². The van der Waals surface area contributed by atoms with Gasteiger partial charge in [0.05, 0.1) is 0 Å². The van der Waals surface area contributed by atoms with E-state index < -0.39 is 0 Å². The molecule has 0 bridgehead atoms. The minimum absolute atomic E-state index is 0. The van der Waals surface area contributed by atoms with E-state index in [1.54, 1.807) is 23.7 Å². The van der Waals surface area contributed by atoms with Crippen molar-refractivity contribution in [2.24, 2.45) is 4.99 Å². The SMILES string of the molecule is CN=C(NCCCCn1ccccc1=O)NCc1ccccc1.I. The number of nitrogens with zero attached hydrogens (tertiary/aromatic N) is 2. The lowest BCUT2D eigenvalue weighted by molar-refractivity contribution is 0.585. The molecule has 0 aliphatic rings. The van der Waals surface area contributed by atoms with Gasteiger partial charge in [-0.15, -0.1) is 24.0 Å². The number of hydrogen-bond donors (Lipinski definition) is 2. The second-order valence-electron chi connectivity index (χ2n) is 5.28. The molecule has 0 fully saturated rings. The molecule has 0 aliphatic heterocycles. The molecule has 6 heteroatoms. The van der Waals surface area contributed by atoms with Crippen LogP contribution in [0.1, 0.15) is 18.4 Å². The summed E-state index contributed by atoms with van der Waals surface area (Å²) in [7, 11) is 1.77. The maximum atomic E-state index is 11.6. The van der Waals surface area contributed by atoms with Crippen molar-refractivity contribution in [1.82, 2.24) is 15.2 Å². The van der Waals surface area contributed by atoms with E-state index in [1.807, 2.05) is 30.5 Å². The van der Waals surface area contributed by atoms with Crippen molar-refractivity contribution in [1.29, 1.82) is 0 Å². The van der Waals surface area contributed by atoms with E-state index in [2.05, 4.69) is 27.8 Å². The van der Waals surface area contributed by atoms with E-state index in [-0.39, 0.29) is 29.5 Å². The molecule has 5 nitrogen and oxygen atoms in total. The van der Waals surface area contributed by atoms with Crippen LogP contribution in [-0.4, -0.2) is 24.1 Å². The topological polar surface area (TPSA) is 58.4 Å². The molecular formula is C18H25IN4O. The van der Waals surface area contributed by atoms with Gasteiger partial charge in [-0.05, 0) is 24.5 Å². The van der Waals surface area contributed by atoms with E-state index in [1.165, 1.54) is 5.56 Å². The summed E-state index contributed by atoms with van der Waals surface area (Å²) >= 11 is 0. The minimum Gasteiger partial charge on any atom is -0.356 e. The van der Waals surface area contributed by atoms with Crippen molar-refractivity contribution in [2.45, 2.75) is 25.9 Å². The normalized spacial score (nSPS) is 10.8. The summed E-state index contributed by atoms with van der Waals surface area (Å²) in [5.41, 5.74) is 1.28. The Kier molecular flexibility index (Phi) is 9.83. The second-order valence-corrected chi connectivity index (χ2v) is 5.28. The fraction of sp³-hybridized carbons (Fsp3) is 0.333. The van der Waals surface area contributed by atoms with Gasteiger partial charge in [0.1, 0.15) is 0 Å². The first-order chi connectivity index (χ1) is 11.3. The average molecular weight is 440 g/mol. The second kappa shape index (κ2) is 11.7. The van der Waals surface area contributed by atoms with Gasteiger partial charge in [0, 0.05) is 38.9 Å². The van der Waals surface area contributed by atoms with Crippen LogP contribution in [0.3, 0.4) is 0 Å². The van der Waals surface area contributed by atoms with Crippen LogP contribution in [0.5, 0.6) is 0 Å². The summed E-state index contributed by atoms with van der Waals surface area (Å²) < 4.78 is 1.74. The van der Waals surface area contributed by atoms with Gasteiger partial charge in [-0.3, -0.25) is 9.79 Å². The molecule has 1 aromatic carbocycles. The lowest BCUT2D eigenvalue weighted by atomic mass is 10.2. The van der Waals surface area contributed by atoms with Crippen molar-refractivity contribution >= 4 is 29.9 Å². The predicted octanol–water partition coefficient (Wildman–Crippen LogP) is 2.61. The van der Waals surface area contributed by atoms with Crippen LogP contribution in [0.25, 0.3) is 0 Å². The maximum absolute atomic E-state index is 11.6. The summed E-state index contributed by atoms with van der Waals surface area (Å²) in [6.07, 6.45) is 3.76. The number of nitrogens with one attached hydrogen (secondary N) is 2. The van der Waals surface area contributed by atoms with Crippen molar-refractivity contribution in [3.63, 3.8) is 0 Å². The molecule has 0 saturated heterocycles. The van der Waals surface area contributed by atoms with E-state index in [0.29, 0.717) is 0 Å². The van der Waals surface area contributed by atoms with Gasteiger partial charge in [0.15, 0.2) is 5.96 Å². The molecule has 0 aliphatic carbocycles. The average Bonchev–Trinajstić information content (AvgIpc) is 2.59. The first-order valence-corrected chi connectivity index (χ1v) is 7.93. The highest BCUT2D eigenvalue weighted by Crippen LogP contribution is 1.97. The van der Waals surface area contributed by atoms with E-state index >= 15 is 0 Å². The number of pyridine rings is 1. The quantitative estimate of drug-likeness (QED) is 0.301. The summed E-state index contributed by atoms with van der Waals surface area (Å²) in [6.45, 7) is 2.33. The molecule has 2 N–H and O–H groups in total. The van der Waals surface area contributed by atoms with Crippen LogP contribution in [-0.2, 0) is 13.1 Å². The molecule has 0 amide bonds. The molecule has 2 aromatic rings. The maximum Gasteiger partial charge on any atom is 0.250 e. The molecule has 130 valence electrons. The van der Waals surface area contributed by atoms with Crippen molar-refractivity contribution in [3.05, 3.63) is 70.6 Å². The fourth-order valence-electron chi connectivity index (χ4n) is 2.26. The fourth-order valence-corrected chi connectivity index (χ4v) is 2.26. The summed E-state index contributed by atoms with van der Waals surface area (Å²) in [4.78, 5) is 15.8. The number of guanidine groups is 1. The highest BCUT2D eigenvalue weighted by atomic mass is 127. The van der Waals surface area contributed by atoms with Crippen LogP contribution in [0, 0.1) is 0 Å². The molecule has 2 rings (SSSR count). The Balaban J connectivity index is 0.00000288. The number of aromatic nitrogens is 1. The van der Waals surface area contributed by atoms with Crippen molar-refractivity contribution < 1.29 is 0 Å². The van der Waals surface area contributed by atoms with Crippen molar-refractivity contribution in [3.8, 4) is 0 Å². The van der Waals surface area contributed by atoms with E-state index in [9.17, 15) is 4.79 Å². The molecular weight excluding hydrogens is 415 g/mol. The minimum atomic E-state index is 0. The molecule has 24 heavy (non-hydrogen) atoms. The molecule has 0 saturated carbocycles. The van der Waals surface area contributed by atoms with Crippen molar-refractivity contribution in [2.75, 3.05) is 13.6 Å². The number of benzene rings is 1. The van der Waals surface area contributed by atoms with Gasteiger partial charge in [-0.2, -0.15) is 0 Å². The van der Waals surface area contributed by atoms with Crippen LogP contribution in [0.2, 0.25) is 0 Å². The highest BCUT2D eigenvalue weighted by molar-refractivity contribution is 14.0. The first-order valence-electron chi connectivity index (χ1n) is 7.93. The third kappa shape index (κ3) is 7.16. The molecule has 0 unspecified atom stereocenters. The van der Waals surface area contributed by atoms with E-state index in [4.69, 9.17) is 0 Å². The smallest absolute Gasteiger partial charge is 0.250 e. The Morgan fingerprint density at radius 1 is 1.04 bits per heavy atom.